The van der Waals surface area contributed by atoms with Crippen LogP contribution in [0.2, 0.25) is 0 Å². The lowest BCUT2D eigenvalue weighted by atomic mass is 10.3. The van der Waals surface area contributed by atoms with Crippen molar-refractivity contribution >= 4 is 10.0 Å². The molecule has 0 amide bonds. The van der Waals surface area contributed by atoms with E-state index in [1.54, 1.807) is 11.2 Å². The Labute approximate surface area is 99.5 Å². The number of hydrogen-bond donors (Lipinski definition) is 1. The zero-order valence-electron chi connectivity index (χ0n) is 10.7. The van der Waals surface area contributed by atoms with E-state index < -0.39 is 10.0 Å². The highest BCUT2D eigenvalue weighted by Crippen LogP contribution is 2.30. The van der Waals surface area contributed by atoms with E-state index in [0.29, 0.717) is 19.1 Å². The third kappa shape index (κ3) is 3.43. The van der Waals surface area contributed by atoms with Gasteiger partial charge in [-0.1, -0.05) is 20.8 Å². The molecule has 1 aliphatic rings. The van der Waals surface area contributed by atoms with Gasteiger partial charge in [-0.15, -0.1) is 0 Å². The van der Waals surface area contributed by atoms with Gasteiger partial charge in [0, 0.05) is 25.2 Å². The molecule has 16 heavy (non-hydrogen) atoms. The van der Waals surface area contributed by atoms with Gasteiger partial charge in [0.2, 0.25) is 10.0 Å². The van der Waals surface area contributed by atoms with Crippen LogP contribution in [0.5, 0.6) is 0 Å². The monoisotopic (exact) mass is 248 g/mol. The van der Waals surface area contributed by atoms with E-state index in [0.717, 1.165) is 12.8 Å². The van der Waals surface area contributed by atoms with Crippen LogP contribution in [0.25, 0.3) is 0 Å². The molecule has 4 nitrogen and oxygen atoms in total. The summed E-state index contributed by atoms with van der Waals surface area (Å²) in [5.41, 5.74) is 0. The molecule has 1 atom stereocenters. The number of hydrogen-bond acceptors (Lipinski definition) is 3. The molecule has 0 aromatic carbocycles. The summed E-state index contributed by atoms with van der Waals surface area (Å²) in [6, 6.07) is 0.602. The summed E-state index contributed by atoms with van der Waals surface area (Å²) in [6.45, 7) is 8.88. The minimum absolute atomic E-state index is 0.275. The first-order valence-electron chi connectivity index (χ1n) is 6.13. The number of sulfonamides is 1. The fourth-order valence-electron chi connectivity index (χ4n) is 1.75. The Bertz CT molecular complexity index is 310. The number of nitrogens with one attached hydrogen (secondary N) is 1. The second-order valence-corrected chi connectivity index (χ2v) is 7.16. The molecule has 0 heterocycles. The molecule has 1 unspecified atom stereocenters. The Hall–Kier alpha value is -0.130. The molecule has 1 saturated carbocycles. The second-order valence-electron chi connectivity index (χ2n) is 4.85. The van der Waals surface area contributed by atoms with Gasteiger partial charge in [-0.3, -0.25) is 0 Å². The fourth-order valence-corrected chi connectivity index (χ4v) is 3.50. The van der Waals surface area contributed by atoms with Crippen molar-refractivity contribution in [1.29, 1.82) is 0 Å². The summed E-state index contributed by atoms with van der Waals surface area (Å²) >= 11 is 0. The van der Waals surface area contributed by atoms with Crippen molar-refractivity contribution in [3.05, 3.63) is 0 Å². The predicted molar refractivity (Wildman–Crippen MR) is 66.9 cm³/mol. The molecular formula is C11H24N2O2S. The Morgan fingerprint density at radius 2 is 1.88 bits per heavy atom. The molecule has 1 N–H and O–H groups in total. The largest absolute Gasteiger partial charge is 0.313 e. The SMILES string of the molecule is CCN(C1CC1)S(=O)(=O)C(C)CNC(C)C. The zero-order chi connectivity index (χ0) is 12.3. The highest BCUT2D eigenvalue weighted by molar-refractivity contribution is 7.89. The van der Waals surface area contributed by atoms with Crippen LogP contribution in [-0.2, 0) is 10.0 Å². The highest BCUT2D eigenvalue weighted by Gasteiger charge is 2.38. The summed E-state index contributed by atoms with van der Waals surface area (Å²) < 4.78 is 26.1. The minimum Gasteiger partial charge on any atom is -0.313 e. The van der Waals surface area contributed by atoms with Crippen molar-refractivity contribution in [2.75, 3.05) is 13.1 Å². The van der Waals surface area contributed by atoms with E-state index in [4.69, 9.17) is 0 Å². The lowest BCUT2D eigenvalue weighted by Crippen LogP contribution is -2.44. The smallest absolute Gasteiger partial charge is 0.218 e. The van der Waals surface area contributed by atoms with Crippen LogP contribution in [0.4, 0.5) is 0 Å². The predicted octanol–water partition coefficient (Wildman–Crippen LogP) is 1.19. The maximum absolute atomic E-state index is 12.2. The van der Waals surface area contributed by atoms with E-state index in [9.17, 15) is 8.42 Å². The highest BCUT2D eigenvalue weighted by atomic mass is 32.2. The molecule has 0 bridgehead atoms. The van der Waals surface area contributed by atoms with Crippen molar-refractivity contribution < 1.29 is 8.42 Å². The number of rotatable bonds is 7. The molecule has 0 aromatic heterocycles. The van der Waals surface area contributed by atoms with Crippen LogP contribution in [0.3, 0.4) is 0 Å². The number of nitrogens with zero attached hydrogens (tertiary/aromatic N) is 1. The third-order valence-electron chi connectivity index (χ3n) is 2.91. The zero-order valence-corrected chi connectivity index (χ0v) is 11.5. The van der Waals surface area contributed by atoms with Gasteiger partial charge in [0.25, 0.3) is 0 Å². The van der Waals surface area contributed by atoms with Crippen molar-refractivity contribution in [2.45, 2.75) is 57.9 Å². The van der Waals surface area contributed by atoms with E-state index in [-0.39, 0.29) is 11.3 Å². The maximum atomic E-state index is 12.2. The van der Waals surface area contributed by atoms with Crippen molar-refractivity contribution in [2.24, 2.45) is 0 Å². The first-order chi connectivity index (χ1) is 7.39. The Kier molecular flexibility index (Phi) is 4.76. The van der Waals surface area contributed by atoms with Gasteiger partial charge >= 0.3 is 0 Å². The van der Waals surface area contributed by atoms with Gasteiger partial charge in [-0.05, 0) is 19.8 Å². The maximum Gasteiger partial charge on any atom is 0.218 e. The second kappa shape index (κ2) is 5.47. The van der Waals surface area contributed by atoms with Gasteiger partial charge < -0.3 is 5.32 Å². The molecule has 0 spiro atoms. The average Bonchev–Trinajstić information content (AvgIpc) is 2.98. The van der Waals surface area contributed by atoms with Crippen LogP contribution in [0.15, 0.2) is 0 Å². The summed E-state index contributed by atoms with van der Waals surface area (Å²) in [5, 5.41) is 2.85. The molecule has 0 aliphatic heterocycles. The summed E-state index contributed by atoms with van der Waals surface area (Å²) in [5.74, 6) is 0. The third-order valence-corrected chi connectivity index (χ3v) is 5.31. The topological polar surface area (TPSA) is 49.4 Å². The molecular weight excluding hydrogens is 224 g/mol. The van der Waals surface area contributed by atoms with Gasteiger partial charge in [0.15, 0.2) is 0 Å². The lowest BCUT2D eigenvalue weighted by Gasteiger charge is -2.25. The average molecular weight is 248 g/mol. The summed E-state index contributed by atoms with van der Waals surface area (Å²) in [6.07, 6.45) is 2.05. The van der Waals surface area contributed by atoms with Gasteiger partial charge in [0.05, 0.1) is 5.25 Å². The Morgan fingerprint density at radius 1 is 1.31 bits per heavy atom. The van der Waals surface area contributed by atoms with Crippen LogP contribution >= 0.6 is 0 Å². The van der Waals surface area contributed by atoms with E-state index >= 15 is 0 Å². The minimum atomic E-state index is -3.11. The van der Waals surface area contributed by atoms with Gasteiger partial charge in [-0.25, -0.2) is 8.42 Å². The first kappa shape index (κ1) is 13.9. The van der Waals surface area contributed by atoms with Gasteiger partial charge in [0.1, 0.15) is 0 Å². The molecule has 0 aromatic rings. The first-order valence-corrected chi connectivity index (χ1v) is 7.64. The Balaban J connectivity index is 2.60. The molecule has 96 valence electrons. The van der Waals surface area contributed by atoms with E-state index in [2.05, 4.69) is 5.32 Å². The van der Waals surface area contributed by atoms with Crippen molar-refractivity contribution in [3.63, 3.8) is 0 Å². The molecule has 1 fully saturated rings. The van der Waals surface area contributed by atoms with Gasteiger partial charge in [-0.2, -0.15) is 4.31 Å². The normalized spacial score (nSPS) is 19.4. The Morgan fingerprint density at radius 3 is 2.25 bits per heavy atom. The van der Waals surface area contributed by atoms with E-state index in [1.807, 2.05) is 20.8 Å². The summed E-state index contributed by atoms with van der Waals surface area (Å²) in [7, 11) is -3.11. The molecule has 0 radical (unpaired) electrons. The fraction of sp³-hybridized carbons (Fsp3) is 1.00. The van der Waals surface area contributed by atoms with Crippen molar-refractivity contribution in [3.8, 4) is 0 Å². The summed E-state index contributed by atoms with van der Waals surface area (Å²) in [4.78, 5) is 0. The molecule has 0 saturated heterocycles. The van der Waals surface area contributed by atoms with E-state index in [1.165, 1.54) is 0 Å². The quantitative estimate of drug-likeness (QED) is 0.736. The van der Waals surface area contributed by atoms with Crippen LogP contribution < -0.4 is 5.32 Å². The molecule has 1 aliphatic carbocycles. The van der Waals surface area contributed by atoms with Crippen LogP contribution in [0.1, 0.15) is 40.5 Å². The van der Waals surface area contributed by atoms with Crippen LogP contribution in [0, 0.1) is 0 Å². The van der Waals surface area contributed by atoms with Crippen LogP contribution in [-0.4, -0.2) is 43.1 Å². The van der Waals surface area contributed by atoms with Crippen molar-refractivity contribution in [1.82, 2.24) is 9.62 Å². The lowest BCUT2D eigenvalue weighted by molar-refractivity contribution is 0.410. The molecule has 1 rings (SSSR count). The standard InChI is InChI=1S/C11H24N2O2S/c1-5-13(11-6-7-11)16(14,15)10(4)8-12-9(2)3/h9-12H,5-8H2,1-4H3. The molecule has 5 heteroatoms.